The summed E-state index contributed by atoms with van der Waals surface area (Å²) in [6, 6.07) is 7.34. The molecule has 0 saturated carbocycles. The number of aliphatic imine (C=N–C) groups is 1. The quantitative estimate of drug-likeness (QED) is 0.250. The van der Waals surface area contributed by atoms with Crippen LogP contribution in [-0.4, -0.2) is 49.6 Å². The lowest BCUT2D eigenvalue weighted by Gasteiger charge is -2.34. The van der Waals surface area contributed by atoms with E-state index in [4.69, 9.17) is 4.99 Å². The van der Waals surface area contributed by atoms with Crippen LogP contribution in [0, 0.1) is 11.7 Å². The average Bonchev–Trinajstić information content (AvgIpc) is 2.60. The van der Waals surface area contributed by atoms with Crippen molar-refractivity contribution in [2.24, 2.45) is 10.9 Å². The molecule has 0 aliphatic carbocycles. The molecule has 0 unspecified atom stereocenters. The number of piperidine rings is 1. The van der Waals surface area contributed by atoms with Crippen molar-refractivity contribution in [1.82, 2.24) is 15.5 Å². The third-order valence-electron chi connectivity index (χ3n) is 4.68. The monoisotopic (exact) mass is 490 g/mol. The van der Waals surface area contributed by atoms with Crippen molar-refractivity contribution < 1.29 is 4.39 Å². The van der Waals surface area contributed by atoms with E-state index in [2.05, 4.69) is 36.3 Å². The molecular weight excluding hydrogens is 454 g/mol. The number of guanidine groups is 1. The number of hydrogen-bond acceptors (Lipinski definition) is 2. The topological polar surface area (TPSA) is 39.7 Å². The molecule has 2 rings (SSSR count). The van der Waals surface area contributed by atoms with E-state index < -0.39 is 0 Å². The van der Waals surface area contributed by atoms with Gasteiger partial charge in [0.2, 0.25) is 0 Å². The lowest BCUT2D eigenvalue weighted by molar-refractivity contribution is 0.187. The summed E-state index contributed by atoms with van der Waals surface area (Å²) >= 11 is 0. The fourth-order valence-corrected chi connectivity index (χ4v) is 3.46. The predicted molar refractivity (Wildman–Crippen MR) is 124 cm³/mol. The zero-order chi connectivity index (χ0) is 18.8. The molecule has 1 fully saturated rings. The summed E-state index contributed by atoms with van der Waals surface area (Å²) in [7, 11) is 0. The van der Waals surface area contributed by atoms with E-state index in [9.17, 15) is 4.39 Å². The number of benzene rings is 1. The second kappa shape index (κ2) is 13.3. The highest BCUT2D eigenvalue weighted by Crippen LogP contribution is 2.12. The maximum absolute atomic E-state index is 13.2. The van der Waals surface area contributed by atoms with Crippen LogP contribution in [0.3, 0.4) is 0 Å². The number of nitrogens with one attached hydrogen (secondary N) is 2. The number of likely N-dealkylation sites (tertiary alicyclic amines) is 1. The second-order valence-electron chi connectivity index (χ2n) is 7.61. The fourth-order valence-electron chi connectivity index (χ4n) is 3.46. The zero-order valence-corrected chi connectivity index (χ0v) is 19.3. The summed E-state index contributed by atoms with van der Waals surface area (Å²) < 4.78 is 13.2. The molecule has 2 N–H and O–H groups in total. The van der Waals surface area contributed by atoms with Crippen molar-refractivity contribution in [2.45, 2.75) is 52.5 Å². The van der Waals surface area contributed by atoms with Crippen LogP contribution in [0.15, 0.2) is 29.3 Å². The highest BCUT2D eigenvalue weighted by molar-refractivity contribution is 14.0. The van der Waals surface area contributed by atoms with Gasteiger partial charge in [0.05, 0.1) is 0 Å². The van der Waals surface area contributed by atoms with Crippen molar-refractivity contribution in [1.29, 1.82) is 0 Å². The Hall–Kier alpha value is -0.890. The van der Waals surface area contributed by atoms with Crippen molar-refractivity contribution in [3.05, 3.63) is 35.6 Å². The van der Waals surface area contributed by atoms with Crippen LogP contribution in [0.2, 0.25) is 0 Å². The van der Waals surface area contributed by atoms with Gasteiger partial charge in [-0.05, 0) is 56.2 Å². The van der Waals surface area contributed by atoms with Crippen LogP contribution in [0.1, 0.15) is 45.6 Å². The molecule has 0 amide bonds. The van der Waals surface area contributed by atoms with Gasteiger partial charge in [-0.1, -0.05) is 26.0 Å². The van der Waals surface area contributed by atoms with Crippen LogP contribution in [0.5, 0.6) is 0 Å². The van der Waals surface area contributed by atoms with Gasteiger partial charge in [-0.2, -0.15) is 0 Å². The Morgan fingerprint density at radius 3 is 2.67 bits per heavy atom. The molecule has 1 aromatic rings. The molecule has 1 saturated heterocycles. The molecule has 4 nitrogen and oxygen atoms in total. The maximum atomic E-state index is 13.2. The molecule has 154 valence electrons. The molecular formula is C21H36FIN4. The molecule has 0 spiro atoms. The molecule has 1 aliphatic rings. The van der Waals surface area contributed by atoms with Gasteiger partial charge in [-0.15, -0.1) is 24.0 Å². The van der Waals surface area contributed by atoms with E-state index in [0.717, 1.165) is 56.5 Å². The van der Waals surface area contributed by atoms with Crippen LogP contribution in [-0.2, 0) is 6.42 Å². The first kappa shape index (κ1) is 24.1. The van der Waals surface area contributed by atoms with E-state index in [1.165, 1.54) is 25.5 Å². The summed E-state index contributed by atoms with van der Waals surface area (Å²) in [5.74, 6) is 1.48. The van der Waals surface area contributed by atoms with Crippen LogP contribution in [0.25, 0.3) is 0 Å². The van der Waals surface area contributed by atoms with Gasteiger partial charge in [0.1, 0.15) is 5.82 Å². The molecule has 6 heteroatoms. The van der Waals surface area contributed by atoms with Crippen molar-refractivity contribution >= 4 is 29.9 Å². The van der Waals surface area contributed by atoms with Crippen LogP contribution >= 0.6 is 24.0 Å². The third kappa shape index (κ3) is 9.74. The lowest BCUT2D eigenvalue weighted by Crippen LogP contribution is -2.49. The lowest BCUT2D eigenvalue weighted by atomic mass is 10.0. The zero-order valence-electron chi connectivity index (χ0n) is 17.0. The maximum Gasteiger partial charge on any atom is 0.191 e. The Kier molecular flexibility index (Phi) is 11.9. The van der Waals surface area contributed by atoms with Gasteiger partial charge in [0.15, 0.2) is 5.96 Å². The number of rotatable bonds is 8. The molecule has 0 radical (unpaired) electrons. The minimum Gasteiger partial charge on any atom is -0.357 e. The molecule has 27 heavy (non-hydrogen) atoms. The van der Waals surface area contributed by atoms with Gasteiger partial charge < -0.3 is 15.5 Å². The third-order valence-corrected chi connectivity index (χ3v) is 4.68. The van der Waals surface area contributed by atoms with Gasteiger partial charge in [-0.3, -0.25) is 4.99 Å². The summed E-state index contributed by atoms with van der Waals surface area (Å²) in [5, 5.41) is 6.94. The highest BCUT2D eigenvalue weighted by atomic mass is 127. The second-order valence-corrected chi connectivity index (χ2v) is 7.61. The van der Waals surface area contributed by atoms with Gasteiger partial charge in [-0.25, -0.2) is 4.39 Å². The normalized spacial score (nSPS) is 16.3. The first-order valence-electron chi connectivity index (χ1n) is 10.1. The molecule has 1 aromatic carbocycles. The Morgan fingerprint density at radius 1 is 1.30 bits per heavy atom. The number of nitrogens with zero attached hydrogens (tertiary/aromatic N) is 2. The Labute approximate surface area is 181 Å². The number of halogens is 2. The predicted octanol–water partition coefficient (Wildman–Crippen LogP) is 4.05. The van der Waals surface area contributed by atoms with E-state index in [-0.39, 0.29) is 29.8 Å². The molecule has 0 atom stereocenters. The Morgan fingerprint density at radius 2 is 2.04 bits per heavy atom. The Balaban J connectivity index is 0.00000364. The minimum absolute atomic E-state index is 0. The van der Waals surface area contributed by atoms with Crippen molar-refractivity contribution in [3.8, 4) is 0 Å². The van der Waals surface area contributed by atoms with E-state index >= 15 is 0 Å². The summed E-state index contributed by atoms with van der Waals surface area (Å²) in [5.41, 5.74) is 1.04. The fraction of sp³-hybridized carbons (Fsp3) is 0.667. The summed E-state index contributed by atoms with van der Waals surface area (Å²) in [6.07, 6.45) is 4.11. The van der Waals surface area contributed by atoms with E-state index in [1.807, 2.05) is 6.07 Å². The van der Waals surface area contributed by atoms with Gasteiger partial charge in [0.25, 0.3) is 0 Å². The highest BCUT2D eigenvalue weighted by Gasteiger charge is 2.20. The van der Waals surface area contributed by atoms with Gasteiger partial charge in [0, 0.05) is 38.8 Å². The van der Waals surface area contributed by atoms with Crippen LogP contribution < -0.4 is 10.6 Å². The smallest absolute Gasteiger partial charge is 0.191 e. The van der Waals surface area contributed by atoms with Crippen LogP contribution in [0.4, 0.5) is 4.39 Å². The van der Waals surface area contributed by atoms with Crippen molar-refractivity contribution in [3.63, 3.8) is 0 Å². The first-order chi connectivity index (χ1) is 12.6. The largest absolute Gasteiger partial charge is 0.357 e. The first-order valence-corrected chi connectivity index (χ1v) is 10.1. The average molecular weight is 490 g/mol. The number of hydrogen-bond donors (Lipinski definition) is 2. The standard InChI is InChI=1S/C21H35FN4.HI/c1-4-23-21(24-12-6-8-18-7-5-9-19(22)15-18)25-20-10-13-26(14-11-20)16-17(2)3;/h5,7,9,15,17,20H,4,6,8,10-14,16H2,1-3H3,(H2,23,24,25);1H. The minimum atomic E-state index is -0.162. The van der Waals surface area contributed by atoms with Gasteiger partial charge >= 0.3 is 0 Å². The molecule has 0 bridgehead atoms. The van der Waals surface area contributed by atoms with E-state index in [0.29, 0.717) is 6.04 Å². The van der Waals surface area contributed by atoms with Crippen molar-refractivity contribution in [2.75, 3.05) is 32.7 Å². The summed E-state index contributed by atoms with van der Waals surface area (Å²) in [4.78, 5) is 7.26. The SMILES string of the molecule is CCNC(=NCCCc1cccc(F)c1)NC1CCN(CC(C)C)CC1.I. The van der Waals surface area contributed by atoms with E-state index in [1.54, 1.807) is 12.1 Å². The molecule has 1 aliphatic heterocycles. The molecule has 1 heterocycles. The molecule has 0 aromatic heterocycles. The summed E-state index contributed by atoms with van der Waals surface area (Å²) in [6.45, 7) is 11.8. The number of aryl methyl sites for hydroxylation is 1. The Bertz CT molecular complexity index is 557.